The van der Waals surface area contributed by atoms with Crippen LogP contribution in [0.5, 0.6) is 11.5 Å². The van der Waals surface area contributed by atoms with Crippen LogP contribution in [-0.2, 0) is 4.79 Å². The number of nitrogens with one attached hydrogen (secondary N) is 1. The first-order valence-corrected chi connectivity index (χ1v) is 7.76. The molecule has 1 fully saturated rings. The number of rotatable bonds is 4. The molecule has 7 heteroatoms. The molecule has 3 rings (SSSR count). The molecule has 0 aromatic heterocycles. The highest BCUT2D eigenvalue weighted by Gasteiger charge is 2.35. The van der Waals surface area contributed by atoms with Crippen molar-refractivity contribution < 1.29 is 19.1 Å². The topological polar surface area (TPSA) is 67.9 Å². The molecule has 1 aliphatic heterocycles. The predicted octanol–water partition coefficient (Wildman–Crippen LogP) is 3.45. The Balaban J connectivity index is 1.97. The lowest BCUT2D eigenvalue weighted by molar-refractivity contribution is -0.113. The van der Waals surface area contributed by atoms with E-state index in [4.69, 9.17) is 21.1 Å². The van der Waals surface area contributed by atoms with E-state index in [0.29, 0.717) is 27.8 Å². The average Bonchev–Trinajstić information content (AvgIpc) is 2.89. The Morgan fingerprint density at radius 3 is 2.40 bits per heavy atom. The lowest BCUT2D eigenvalue weighted by Crippen LogP contribution is -2.30. The highest BCUT2D eigenvalue weighted by molar-refractivity contribution is 6.31. The fourth-order valence-electron chi connectivity index (χ4n) is 2.54. The SMILES string of the molecule is COc1cccc(/C=C2/NC(=O)N(c3ccc(Cl)cc3)C2=O)c1OC. The summed E-state index contributed by atoms with van der Waals surface area (Å²) in [6, 6.07) is 11.2. The van der Waals surface area contributed by atoms with Crippen LogP contribution in [0.1, 0.15) is 5.56 Å². The third-order valence-electron chi connectivity index (χ3n) is 3.70. The highest BCUT2D eigenvalue weighted by Crippen LogP contribution is 2.33. The van der Waals surface area contributed by atoms with Gasteiger partial charge in [0.05, 0.1) is 19.9 Å². The zero-order chi connectivity index (χ0) is 18.0. The number of halogens is 1. The smallest absolute Gasteiger partial charge is 0.333 e. The first-order chi connectivity index (χ1) is 12.0. The zero-order valence-electron chi connectivity index (χ0n) is 13.6. The van der Waals surface area contributed by atoms with Crippen LogP contribution in [-0.4, -0.2) is 26.2 Å². The molecule has 25 heavy (non-hydrogen) atoms. The summed E-state index contributed by atoms with van der Waals surface area (Å²) < 4.78 is 10.6. The van der Waals surface area contributed by atoms with Crippen molar-refractivity contribution in [2.45, 2.75) is 0 Å². The van der Waals surface area contributed by atoms with Gasteiger partial charge in [0.15, 0.2) is 11.5 Å². The Labute approximate surface area is 149 Å². The molecule has 0 saturated carbocycles. The second kappa shape index (κ2) is 6.86. The minimum Gasteiger partial charge on any atom is -0.493 e. The van der Waals surface area contributed by atoms with E-state index in [2.05, 4.69) is 5.32 Å². The molecule has 2 aromatic carbocycles. The van der Waals surface area contributed by atoms with Gasteiger partial charge in [0, 0.05) is 10.6 Å². The molecule has 0 bridgehead atoms. The van der Waals surface area contributed by atoms with Crippen molar-refractivity contribution in [2.24, 2.45) is 0 Å². The van der Waals surface area contributed by atoms with E-state index < -0.39 is 11.9 Å². The molecule has 0 atom stereocenters. The molecule has 0 aliphatic carbocycles. The van der Waals surface area contributed by atoms with Crippen molar-refractivity contribution in [3.63, 3.8) is 0 Å². The minimum atomic E-state index is -0.527. The fraction of sp³-hybridized carbons (Fsp3) is 0.111. The van der Waals surface area contributed by atoms with Crippen molar-refractivity contribution in [3.8, 4) is 11.5 Å². The summed E-state index contributed by atoms with van der Waals surface area (Å²) >= 11 is 5.85. The normalized spacial score (nSPS) is 15.5. The third-order valence-corrected chi connectivity index (χ3v) is 3.95. The van der Waals surface area contributed by atoms with E-state index in [9.17, 15) is 9.59 Å². The van der Waals surface area contributed by atoms with Crippen molar-refractivity contribution in [2.75, 3.05) is 19.1 Å². The van der Waals surface area contributed by atoms with Gasteiger partial charge in [-0.3, -0.25) is 4.79 Å². The van der Waals surface area contributed by atoms with E-state index in [1.165, 1.54) is 14.2 Å². The van der Waals surface area contributed by atoms with Gasteiger partial charge in [0.25, 0.3) is 5.91 Å². The predicted molar refractivity (Wildman–Crippen MR) is 95.0 cm³/mol. The molecule has 1 N–H and O–H groups in total. The Kier molecular flexibility index (Phi) is 4.63. The molecular formula is C18H15ClN2O4. The molecule has 0 spiro atoms. The largest absolute Gasteiger partial charge is 0.493 e. The summed E-state index contributed by atoms with van der Waals surface area (Å²) in [5.74, 6) is 0.546. The Bertz CT molecular complexity index is 862. The standard InChI is InChI=1S/C18H15ClN2O4/c1-24-15-5-3-4-11(16(15)25-2)10-14-17(22)21(18(23)20-14)13-8-6-12(19)7-9-13/h3-10H,1-2H3,(H,20,23)/b14-10+. The number of ether oxygens (including phenoxy) is 2. The first-order valence-electron chi connectivity index (χ1n) is 7.39. The number of amides is 3. The number of imide groups is 1. The maximum Gasteiger partial charge on any atom is 0.333 e. The second-order valence-corrected chi connectivity index (χ2v) is 5.62. The zero-order valence-corrected chi connectivity index (χ0v) is 14.3. The number of hydrogen-bond donors (Lipinski definition) is 1. The number of benzene rings is 2. The van der Waals surface area contributed by atoms with Gasteiger partial charge in [-0.15, -0.1) is 0 Å². The molecule has 1 aliphatic rings. The van der Waals surface area contributed by atoms with Gasteiger partial charge in [-0.2, -0.15) is 0 Å². The summed E-state index contributed by atoms with van der Waals surface area (Å²) in [5.41, 5.74) is 1.20. The van der Waals surface area contributed by atoms with E-state index >= 15 is 0 Å². The average molecular weight is 359 g/mol. The van der Waals surface area contributed by atoms with Crippen LogP contribution >= 0.6 is 11.6 Å². The maximum atomic E-state index is 12.6. The van der Waals surface area contributed by atoms with Crippen LogP contribution in [0.2, 0.25) is 5.02 Å². The van der Waals surface area contributed by atoms with E-state index in [0.717, 1.165) is 4.90 Å². The number of nitrogens with zero attached hydrogens (tertiary/aromatic N) is 1. The Morgan fingerprint density at radius 1 is 1.04 bits per heavy atom. The first kappa shape index (κ1) is 16.9. The van der Waals surface area contributed by atoms with Crippen LogP contribution in [0, 0.1) is 0 Å². The van der Waals surface area contributed by atoms with Crippen LogP contribution < -0.4 is 19.7 Å². The van der Waals surface area contributed by atoms with Gasteiger partial charge in [-0.05, 0) is 36.4 Å². The molecular weight excluding hydrogens is 344 g/mol. The van der Waals surface area contributed by atoms with E-state index in [1.54, 1.807) is 48.5 Å². The van der Waals surface area contributed by atoms with Gasteiger partial charge in [-0.1, -0.05) is 23.7 Å². The van der Waals surface area contributed by atoms with E-state index in [1.807, 2.05) is 0 Å². The minimum absolute atomic E-state index is 0.145. The summed E-state index contributed by atoms with van der Waals surface area (Å²) in [7, 11) is 3.04. The number of carbonyl (C=O) groups is 2. The summed E-state index contributed by atoms with van der Waals surface area (Å²) in [5, 5.41) is 3.09. The number of para-hydroxylation sites is 1. The number of methoxy groups -OCH3 is 2. The monoisotopic (exact) mass is 358 g/mol. The molecule has 1 saturated heterocycles. The van der Waals surface area contributed by atoms with Crippen LogP contribution in [0.4, 0.5) is 10.5 Å². The number of anilines is 1. The highest BCUT2D eigenvalue weighted by atomic mass is 35.5. The molecule has 0 radical (unpaired) electrons. The molecule has 1 heterocycles. The molecule has 2 aromatic rings. The van der Waals surface area contributed by atoms with Crippen molar-refractivity contribution in [1.29, 1.82) is 0 Å². The molecule has 3 amide bonds. The lowest BCUT2D eigenvalue weighted by atomic mass is 10.1. The lowest BCUT2D eigenvalue weighted by Gasteiger charge is -2.12. The summed E-state index contributed by atoms with van der Waals surface area (Å²) in [6.45, 7) is 0. The van der Waals surface area contributed by atoms with Crippen LogP contribution in [0.15, 0.2) is 48.2 Å². The fourth-order valence-corrected chi connectivity index (χ4v) is 2.67. The number of urea groups is 1. The molecule has 0 unspecified atom stereocenters. The summed E-state index contributed by atoms with van der Waals surface area (Å²) in [4.78, 5) is 25.9. The molecule has 6 nitrogen and oxygen atoms in total. The van der Waals surface area contributed by atoms with Crippen molar-refractivity contribution in [1.82, 2.24) is 5.32 Å². The van der Waals surface area contributed by atoms with Gasteiger partial charge < -0.3 is 14.8 Å². The number of hydrogen-bond acceptors (Lipinski definition) is 4. The van der Waals surface area contributed by atoms with Gasteiger partial charge in [0.2, 0.25) is 0 Å². The van der Waals surface area contributed by atoms with Crippen LogP contribution in [0.3, 0.4) is 0 Å². The Hall–Kier alpha value is -2.99. The van der Waals surface area contributed by atoms with Gasteiger partial charge in [-0.25, -0.2) is 9.69 Å². The second-order valence-electron chi connectivity index (χ2n) is 5.19. The van der Waals surface area contributed by atoms with Crippen LogP contribution in [0.25, 0.3) is 6.08 Å². The quantitative estimate of drug-likeness (QED) is 0.671. The van der Waals surface area contributed by atoms with E-state index in [-0.39, 0.29) is 5.70 Å². The van der Waals surface area contributed by atoms with Crippen molar-refractivity contribution in [3.05, 3.63) is 58.7 Å². The van der Waals surface area contributed by atoms with Gasteiger partial charge in [0.1, 0.15) is 5.70 Å². The van der Waals surface area contributed by atoms with Crippen molar-refractivity contribution >= 4 is 35.3 Å². The molecule has 128 valence electrons. The maximum absolute atomic E-state index is 12.6. The number of carbonyl (C=O) groups excluding carboxylic acids is 2. The summed E-state index contributed by atoms with van der Waals surface area (Å²) in [6.07, 6.45) is 1.55. The Morgan fingerprint density at radius 2 is 1.76 bits per heavy atom. The third kappa shape index (κ3) is 3.16. The van der Waals surface area contributed by atoms with Gasteiger partial charge >= 0.3 is 6.03 Å².